The first-order chi connectivity index (χ1) is 15.1. The molecule has 2 bridgehead atoms. The summed E-state index contributed by atoms with van der Waals surface area (Å²) in [6, 6.07) is 12.3. The van der Waals surface area contributed by atoms with E-state index in [-0.39, 0.29) is 36.4 Å². The summed E-state index contributed by atoms with van der Waals surface area (Å²) in [6.07, 6.45) is 7.84. The molecule has 0 amide bonds. The average molecular weight is 615 g/mol. The summed E-state index contributed by atoms with van der Waals surface area (Å²) in [5.41, 5.74) is 8.83. The largest absolute Gasteiger partial charge is 0.304 e. The van der Waals surface area contributed by atoms with Crippen LogP contribution >= 0.6 is 0 Å². The molecule has 0 N–H and O–H groups in total. The van der Waals surface area contributed by atoms with Gasteiger partial charge in [-0.3, -0.25) is 0 Å². The van der Waals surface area contributed by atoms with Crippen molar-refractivity contribution in [2.45, 2.75) is 83.5 Å². The first kappa shape index (κ1) is 22.9. The van der Waals surface area contributed by atoms with Gasteiger partial charge >= 0.3 is 0 Å². The van der Waals surface area contributed by atoms with Gasteiger partial charge in [-0.05, 0) is 52.7 Å². The van der Waals surface area contributed by atoms with Crippen LogP contribution in [0.25, 0.3) is 22.6 Å². The number of rotatable bonds is 2. The SMILES string of the molecule is CC1(C)c2c[c-]c(-c3ccc(-c4ncc5c(n4)C4CCC5C4)cn3)cc2C(C)(C)C1(C)C.[Ir]. The van der Waals surface area contributed by atoms with E-state index in [9.17, 15) is 0 Å². The van der Waals surface area contributed by atoms with Gasteiger partial charge in [0.2, 0.25) is 0 Å². The maximum Gasteiger partial charge on any atom is 0.160 e. The van der Waals surface area contributed by atoms with E-state index in [1.807, 2.05) is 6.20 Å². The normalized spacial score (nSPS) is 24.8. The van der Waals surface area contributed by atoms with Crippen LogP contribution in [0.3, 0.4) is 0 Å². The zero-order valence-electron chi connectivity index (χ0n) is 20.4. The van der Waals surface area contributed by atoms with E-state index in [2.05, 4.69) is 83.1 Å². The minimum absolute atomic E-state index is 0. The molecule has 1 aromatic carbocycles. The second-order valence-corrected chi connectivity index (χ2v) is 11.7. The van der Waals surface area contributed by atoms with Gasteiger partial charge in [0.1, 0.15) is 0 Å². The predicted molar refractivity (Wildman–Crippen MR) is 129 cm³/mol. The van der Waals surface area contributed by atoms with Gasteiger partial charge in [-0.25, -0.2) is 9.97 Å². The average Bonchev–Trinajstić information content (AvgIpc) is 3.43. The Kier molecular flexibility index (Phi) is 5.06. The van der Waals surface area contributed by atoms with Gasteiger partial charge in [-0.2, -0.15) is 0 Å². The molecular weight excluding hydrogens is 583 g/mol. The van der Waals surface area contributed by atoms with Crippen LogP contribution in [0.5, 0.6) is 0 Å². The molecule has 2 aromatic heterocycles. The van der Waals surface area contributed by atoms with E-state index in [1.165, 1.54) is 41.6 Å². The van der Waals surface area contributed by atoms with Gasteiger partial charge in [0, 0.05) is 44.0 Å². The Morgan fingerprint density at radius 3 is 2.33 bits per heavy atom. The van der Waals surface area contributed by atoms with Crippen LogP contribution in [-0.2, 0) is 30.9 Å². The molecule has 2 unspecified atom stereocenters. The Morgan fingerprint density at radius 2 is 1.61 bits per heavy atom. The number of fused-ring (bicyclic) bond motifs is 6. The second kappa shape index (κ2) is 7.30. The molecule has 0 saturated heterocycles. The van der Waals surface area contributed by atoms with Crippen LogP contribution < -0.4 is 0 Å². The number of hydrogen-bond acceptors (Lipinski definition) is 3. The van der Waals surface area contributed by atoms with Crippen molar-refractivity contribution in [2.75, 3.05) is 0 Å². The molecule has 1 fully saturated rings. The third-order valence-corrected chi connectivity index (χ3v) is 9.83. The summed E-state index contributed by atoms with van der Waals surface area (Å²) < 4.78 is 0. The summed E-state index contributed by atoms with van der Waals surface area (Å²) in [5, 5.41) is 0. The van der Waals surface area contributed by atoms with Gasteiger partial charge in [0.25, 0.3) is 0 Å². The van der Waals surface area contributed by atoms with E-state index in [1.54, 1.807) is 0 Å². The molecule has 33 heavy (non-hydrogen) atoms. The second-order valence-electron chi connectivity index (χ2n) is 11.7. The minimum atomic E-state index is 0. The number of pyridine rings is 1. The first-order valence-corrected chi connectivity index (χ1v) is 12.0. The van der Waals surface area contributed by atoms with Crippen molar-refractivity contribution in [3.8, 4) is 22.6 Å². The quantitative estimate of drug-likeness (QED) is 0.293. The molecule has 0 aliphatic heterocycles. The zero-order valence-corrected chi connectivity index (χ0v) is 22.8. The van der Waals surface area contributed by atoms with Gasteiger partial charge < -0.3 is 4.98 Å². The molecule has 173 valence electrons. The van der Waals surface area contributed by atoms with E-state index < -0.39 is 0 Å². The van der Waals surface area contributed by atoms with Crippen molar-refractivity contribution in [1.82, 2.24) is 15.0 Å². The van der Waals surface area contributed by atoms with Crippen molar-refractivity contribution in [3.63, 3.8) is 0 Å². The zero-order chi connectivity index (χ0) is 22.5. The molecule has 4 heteroatoms. The topological polar surface area (TPSA) is 38.7 Å². The molecule has 1 radical (unpaired) electrons. The molecule has 0 spiro atoms. The van der Waals surface area contributed by atoms with Crippen LogP contribution in [0.2, 0.25) is 0 Å². The Labute approximate surface area is 211 Å². The Balaban J connectivity index is 0.00000228. The number of nitrogens with zero attached hydrogens (tertiary/aromatic N) is 3. The smallest absolute Gasteiger partial charge is 0.160 e. The van der Waals surface area contributed by atoms with Crippen molar-refractivity contribution in [3.05, 3.63) is 65.1 Å². The summed E-state index contributed by atoms with van der Waals surface area (Å²) in [4.78, 5) is 14.4. The van der Waals surface area contributed by atoms with Gasteiger partial charge in [-0.15, -0.1) is 34.9 Å². The van der Waals surface area contributed by atoms with Crippen molar-refractivity contribution < 1.29 is 20.1 Å². The molecule has 3 aliphatic carbocycles. The van der Waals surface area contributed by atoms with E-state index >= 15 is 0 Å². The van der Waals surface area contributed by atoms with Crippen molar-refractivity contribution >= 4 is 0 Å². The Hall–Kier alpha value is -1.90. The Morgan fingerprint density at radius 1 is 0.879 bits per heavy atom. The van der Waals surface area contributed by atoms with Crippen LogP contribution in [-0.4, -0.2) is 15.0 Å². The van der Waals surface area contributed by atoms with E-state index in [0.29, 0.717) is 11.8 Å². The molecule has 6 rings (SSSR count). The fourth-order valence-corrected chi connectivity index (χ4v) is 6.51. The summed E-state index contributed by atoms with van der Waals surface area (Å²) in [7, 11) is 0. The minimum Gasteiger partial charge on any atom is -0.304 e. The van der Waals surface area contributed by atoms with Gasteiger partial charge in [0.05, 0.1) is 5.69 Å². The molecule has 3 nitrogen and oxygen atoms in total. The Bertz CT molecular complexity index is 1240. The third kappa shape index (κ3) is 2.99. The maximum absolute atomic E-state index is 4.95. The monoisotopic (exact) mass is 615 g/mol. The van der Waals surface area contributed by atoms with E-state index in [4.69, 9.17) is 9.97 Å². The number of benzene rings is 1. The van der Waals surface area contributed by atoms with Crippen LogP contribution in [0.4, 0.5) is 0 Å². The molecule has 2 atom stereocenters. The fraction of sp³-hybridized carbons (Fsp3) is 0.483. The number of hydrogen-bond donors (Lipinski definition) is 0. The molecule has 3 aliphatic rings. The summed E-state index contributed by atoms with van der Waals surface area (Å²) >= 11 is 0. The predicted octanol–water partition coefficient (Wildman–Crippen LogP) is 6.96. The van der Waals surface area contributed by atoms with Gasteiger partial charge in [0.15, 0.2) is 5.82 Å². The van der Waals surface area contributed by atoms with Crippen molar-refractivity contribution in [1.29, 1.82) is 0 Å². The van der Waals surface area contributed by atoms with Crippen molar-refractivity contribution in [2.24, 2.45) is 5.41 Å². The first-order valence-electron chi connectivity index (χ1n) is 12.0. The standard InChI is InChI=1S/C29H32N3.Ir/c1-27(2)22-11-9-18(14-23(22)28(3,4)29(27,5)6)24-12-10-20(15-30-24)26-31-16-21-17-7-8-19(13-17)25(21)32-26;/h10-12,14-17,19H,7-8,13H2,1-6H3;/q-1;. The summed E-state index contributed by atoms with van der Waals surface area (Å²) in [6.45, 7) is 14.3. The summed E-state index contributed by atoms with van der Waals surface area (Å²) in [5.74, 6) is 2.14. The molecule has 1 saturated carbocycles. The number of aromatic nitrogens is 3. The molecule has 3 aromatic rings. The third-order valence-electron chi connectivity index (χ3n) is 9.83. The van der Waals surface area contributed by atoms with Crippen LogP contribution in [0.15, 0.2) is 36.7 Å². The van der Waals surface area contributed by atoms with E-state index in [0.717, 1.165) is 22.6 Å². The fourth-order valence-electron chi connectivity index (χ4n) is 6.51. The van der Waals surface area contributed by atoms with Crippen LogP contribution in [0.1, 0.15) is 95.0 Å². The molecule has 2 heterocycles. The van der Waals surface area contributed by atoms with Gasteiger partial charge in [-0.1, -0.05) is 53.7 Å². The maximum atomic E-state index is 4.95. The molecular formula is C29H32IrN3-. The van der Waals surface area contributed by atoms with Crippen LogP contribution in [0, 0.1) is 11.5 Å².